The fraction of sp³-hybridized carbons (Fsp3) is 0.350. The Morgan fingerprint density at radius 1 is 1.04 bits per heavy atom. The largest absolute Gasteiger partial charge is 0.338 e. The van der Waals surface area contributed by atoms with E-state index in [0.717, 1.165) is 43.6 Å². The first-order valence-electron chi connectivity index (χ1n) is 9.15. The number of hydrogen-bond acceptors (Lipinski definition) is 4. The van der Waals surface area contributed by atoms with E-state index in [2.05, 4.69) is 39.5 Å². The van der Waals surface area contributed by atoms with Gasteiger partial charge in [-0.2, -0.15) is 0 Å². The Bertz CT molecular complexity index is 959. The molecule has 0 unspecified atom stereocenters. The van der Waals surface area contributed by atoms with Crippen LogP contribution in [0.15, 0.2) is 48.5 Å². The van der Waals surface area contributed by atoms with Gasteiger partial charge in [0.25, 0.3) is 0 Å². The maximum atomic E-state index is 12.6. The molecule has 2 aromatic carbocycles. The molecule has 2 aliphatic heterocycles. The summed E-state index contributed by atoms with van der Waals surface area (Å²) < 4.78 is 1.70. The molecular weight excluding hydrogens is 326 g/mol. The first-order valence-corrected chi connectivity index (χ1v) is 9.15. The molecule has 26 heavy (non-hydrogen) atoms. The summed E-state index contributed by atoms with van der Waals surface area (Å²) in [4.78, 5) is 17.0. The molecule has 0 N–H and O–H groups in total. The van der Waals surface area contributed by atoms with Gasteiger partial charge in [-0.1, -0.05) is 41.6 Å². The zero-order chi connectivity index (χ0) is 17.5. The number of para-hydroxylation sites is 1. The Labute approximate surface area is 152 Å². The average Bonchev–Trinajstić information content (AvgIpc) is 3.03. The molecule has 0 spiro atoms. The zero-order valence-electron chi connectivity index (χ0n) is 14.6. The van der Waals surface area contributed by atoms with Gasteiger partial charge in [-0.3, -0.25) is 9.69 Å². The van der Waals surface area contributed by atoms with Gasteiger partial charge in [-0.15, -0.1) is 5.10 Å². The molecule has 0 atom stereocenters. The number of carbonyl (C=O) groups excluding carboxylic acids is 1. The number of amides is 1. The van der Waals surface area contributed by atoms with Crippen LogP contribution in [0.4, 0.5) is 0 Å². The number of carbonyl (C=O) groups is 1. The van der Waals surface area contributed by atoms with Crippen molar-refractivity contribution >= 4 is 16.9 Å². The lowest BCUT2D eigenvalue weighted by molar-refractivity contribution is -0.139. The summed E-state index contributed by atoms with van der Waals surface area (Å²) in [5.41, 5.74) is 4.63. The third kappa shape index (κ3) is 2.66. The van der Waals surface area contributed by atoms with Crippen molar-refractivity contribution in [1.29, 1.82) is 0 Å². The number of benzene rings is 2. The maximum absolute atomic E-state index is 12.6. The standard InChI is InChI=1S/C20H21N5O/c26-20(14-25-19-8-4-3-7-18(19)21-22-25)24-12-17(13-24)23-10-9-15-5-1-2-6-16(15)11-23/h1-8,17H,9-14H2. The third-order valence-corrected chi connectivity index (χ3v) is 5.60. The quantitative estimate of drug-likeness (QED) is 0.724. The molecule has 6 heteroatoms. The molecule has 3 heterocycles. The van der Waals surface area contributed by atoms with Crippen molar-refractivity contribution in [2.45, 2.75) is 25.6 Å². The van der Waals surface area contributed by atoms with E-state index >= 15 is 0 Å². The van der Waals surface area contributed by atoms with Crippen LogP contribution in [0.3, 0.4) is 0 Å². The number of likely N-dealkylation sites (tertiary alicyclic amines) is 1. The Morgan fingerprint density at radius 2 is 1.81 bits per heavy atom. The Balaban J connectivity index is 1.20. The molecule has 0 saturated carbocycles. The Morgan fingerprint density at radius 3 is 2.69 bits per heavy atom. The highest BCUT2D eigenvalue weighted by atomic mass is 16.2. The van der Waals surface area contributed by atoms with Crippen molar-refractivity contribution in [3.8, 4) is 0 Å². The van der Waals surface area contributed by atoms with Crippen LogP contribution in [-0.4, -0.2) is 56.4 Å². The Kier molecular flexibility index (Phi) is 3.71. The van der Waals surface area contributed by atoms with Gasteiger partial charge in [0.05, 0.1) is 5.52 Å². The second-order valence-corrected chi connectivity index (χ2v) is 7.18. The number of fused-ring (bicyclic) bond motifs is 2. The van der Waals surface area contributed by atoms with Crippen molar-refractivity contribution in [1.82, 2.24) is 24.8 Å². The molecule has 0 bridgehead atoms. The molecule has 1 amide bonds. The van der Waals surface area contributed by atoms with E-state index in [-0.39, 0.29) is 12.5 Å². The molecule has 2 aliphatic rings. The molecule has 5 rings (SSSR count). The molecular formula is C20H21N5O. The molecule has 1 saturated heterocycles. The van der Waals surface area contributed by atoms with Gasteiger partial charge < -0.3 is 4.90 Å². The first-order chi connectivity index (χ1) is 12.8. The van der Waals surface area contributed by atoms with Crippen LogP contribution in [0.2, 0.25) is 0 Å². The minimum atomic E-state index is 0.120. The van der Waals surface area contributed by atoms with Gasteiger partial charge in [0.15, 0.2) is 0 Å². The zero-order valence-corrected chi connectivity index (χ0v) is 14.6. The van der Waals surface area contributed by atoms with E-state index in [0.29, 0.717) is 6.04 Å². The van der Waals surface area contributed by atoms with Crippen LogP contribution in [-0.2, 0) is 24.3 Å². The normalized spacial score (nSPS) is 17.9. The Hall–Kier alpha value is -2.73. The van der Waals surface area contributed by atoms with Gasteiger partial charge >= 0.3 is 0 Å². The summed E-state index contributed by atoms with van der Waals surface area (Å²) in [5, 5.41) is 8.24. The summed E-state index contributed by atoms with van der Waals surface area (Å²) in [6.07, 6.45) is 1.10. The van der Waals surface area contributed by atoms with Crippen LogP contribution in [0, 0.1) is 0 Å². The van der Waals surface area contributed by atoms with E-state index in [1.165, 1.54) is 11.1 Å². The highest BCUT2D eigenvalue weighted by Gasteiger charge is 2.36. The van der Waals surface area contributed by atoms with E-state index < -0.39 is 0 Å². The summed E-state index contributed by atoms with van der Waals surface area (Å²) in [6, 6.07) is 16.9. The number of rotatable bonds is 3. The molecule has 132 valence electrons. The van der Waals surface area contributed by atoms with Gasteiger partial charge in [-0.05, 0) is 29.7 Å². The van der Waals surface area contributed by atoms with Gasteiger partial charge in [0.1, 0.15) is 12.1 Å². The fourth-order valence-electron chi connectivity index (χ4n) is 3.98. The summed E-state index contributed by atoms with van der Waals surface area (Å²) >= 11 is 0. The lowest BCUT2D eigenvalue weighted by Crippen LogP contribution is -2.62. The minimum absolute atomic E-state index is 0.120. The van der Waals surface area contributed by atoms with Crippen LogP contribution in [0.25, 0.3) is 11.0 Å². The number of hydrogen-bond donors (Lipinski definition) is 0. The van der Waals surface area contributed by atoms with Crippen molar-refractivity contribution < 1.29 is 4.79 Å². The van der Waals surface area contributed by atoms with Crippen LogP contribution in [0.5, 0.6) is 0 Å². The van der Waals surface area contributed by atoms with E-state index in [4.69, 9.17) is 0 Å². The monoisotopic (exact) mass is 347 g/mol. The highest BCUT2D eigenvalue weighted by molar-refractivity contribution is 5.80. The lowest BCUT2D eigenvalue weighted by atomic mass is 9.96. The van der Waals surface area contributed by atoms with Crippen molar-refractivity contribution in [2.24, 2.45) is 0 Å². The molecule has 0 aliphatic carbocycles. The topological polar surface area (TPSA) is 54.3 Å². The summed E-state index contributed by atoms with van der Waals surface area (Å²) in [5.74, 6) is 0.120. The second-order valence-electron chi connectivity index (χ2n) is 7.18. The smallest absolute Gasteiger partial charge is 0.244 e. The predicted molar refractivity (Wildman–Crippen MR) is 98.5 cm³/mol. The maximum Gasteiger partial charge on any atom is 0.244 e. The highest BCUT2D eigenvalue weighted by Crippen LogP contribution is 2.24. The minimum Gasteiger partial charge on any atom is -0.338 e. The molecule has 0 radical (unpaired) electrons. The van der Waals surface area contributed by atoms with Gasteiger partial charge in [0.2, 0.25) is 5.91 Å². The molecule has 6 nitrogen and oxygen atoms in total. The van der Waals surface area contributed by atoms with E-state index in [9.17, 15) is 4.79 Å². The third-order valence-electron chi connectivity index (χ3n) is 5.60. The first kappa shape index (κ1) is 15.5. The molecule has 3 aromatic rings. The van der Waals surface area contributed by atoms with Crippen LogP contribution < -0.4 is 0 Å². The second kappa shape index (κ2) is 6.21. The summed E-state index contributed by atoms with van der Waals surface area (Å²) in [6.45, 7) is 3.96. The lowest BCUT2D eigenvalue weighted by Gasteiger charge is -2.46. The SMILES string of the molecule is O=C(Cn1nnc2ccccc21)N1CC(N2CCc3ccccc3C2)C1. The van der Waals surface area contributed by atoms with Gasteiger partial charge in [0, 0.05) is 32.2 Å². The summed E-state index contributed by atoms with van der Waals surface area (Å²) in [7, 11) is 0. The van der Waals surface area contributed by atoms with E-state index in [1.54, 1.807) is 4.68 Å². The van der Waals surface area contributed by atoms with Crippen molar-refractivity contribution in [3.63, 3.8) is 0 Å². The van der Waals surface area contributed by atoms with Gasteiger partial charge in [-0.25, -0.2) is 4.68 Å². The average molecular weight is 347 g/mol. The van der Waals surface area contributed by atoms with E-state index in [1.807, 2.05) is 29.2 Å². The number of aromatic nitrogens is 3. The fourth-order valence-corrected chi connectivity index (χ4v) is 3.98. The van der Waals surface area contributed by atoms with Crippen molar-refractivity contribution in [2.75, 3.05) is 19.6 Å². The van der Waals surface area contributed by atoms with Crippen LogP contribution in [0.1, 0.15) is 11.1 Å². The predicted octanol–water partition coefficient (Wildman–Crippen LogP) is 1.70. The number of nitrogens with zero attached hydrogens (tertiary/aromatic N) is 5. The van der Waals surface area contributed by atoms with Crippen LogP contribution >= 0.6 is 0 Å². The van der Waals surface area contributed by atoms with Crippen molar-refractivity contribution in [3.05, 3.63) is 59.7 Å². The molecule has 1 aromatic heterocycles. The molecule has 1 fully saturated rings.